The number of amides is 1. The molecule has 30 heavy (non-hydrogen) atoms. The van der Waals surface area contributed by atoms with E-state index in [-0.39, 0.29) is 18.1 Å². The minimum absolute atomic E-state index is 0.119. The first-order chi connectivity index (χ1) is 14.2. The molecule has 1 amide bonds. The van der Waals surface area contributed by atoms with E-state index in [4.69, 9.17) is 9.88 Å². The average Bonchev–Trinajstić information content (AvgIpc) is 3.08. The number of methoxy groups -OCH3 is 1. The van der Waals surface area contributed by atoms with Crippen molar-refractivity contribution in [3.8, 4) is 5.88 Å². The zero-order chi connectivity index (χ0) is 22.1. The number of hydrogen-bond donors (Lipinski definition) is 3. The summed E-state index contributed by atoms with van der Waals surface area (Å²) >= 11 is 0. The summed E-state index contributed by atoms with van der Waals surface area (Å²) in [6, 6.07) is 3.16. The Bertz CT molecular complexity index is 1210. The van der Waals surface area contributed by atoms with Gasteiger partial charge in [-0.1, -0.05) is 6.92 Å². The smallest absolute Gasteiger partial charge is 0.299 e. The van der Waals surface area contributed by atoms with Crippen molar-refractivity contribution in [2.45, 2.75) is 13.3 Å². The number of nitrogens with zero attached hydrogens (tertiary/aromatic N) is 3. The molecule has 0 saturated carbocycles. The van der Waals surface area contributed by atoms with Gasteiger partial charge in [-0.15, -0.1) is 5.10 Å². The molecule has 2 aromatic heterocycles. The van der Waals surface area contributed by atoms with Gasteiger partial charge in [0.15, 0.2) is 11.5 Å². The Morgan fingerprint density at radius 1 is 1.37 bits per heavy atom. The summed E-state index contributed by atoms with van der Waals surface area (Å²) in [5, 5.41) is 14.4. The number of hydrogen-bond acceptors (Lipinski definition) is 6. The van der Waals surface area contributed by atoms with E-state index < -0.39 is 39.0 Å². The number of pyridine rings is 1. The summed E-state index contributed by atoms with van der Waals surface area (Å²) in [6.07, 6.45) is 1.57. The summed E-state index contributed by atoms with van der Waals surface area (Å²) in [5.74, 6) is -3.45. The number of H-pyrrole nitrogens is 1. The number of benzene rings is 1. The van der Waals surface area contributed by atoms with Crippen LogP contribution in [-0.4, -0.2) is 43.2 Å². The largest absolute Gasteiger partial charge is 0.479 e. The van der Waals surface area contributed by atoms with E-state index in [9.17, 15) is 22.0 Å². The monoisotopic (exact) mass is 440 g/mol. The highest BCUT2D eigenvalue weighted by molar-refractivity contribution is 7.90. The Balaban J connectivity index is 2.00. The minimum Gasteiger partial charge on any atom is -0.479 e. The van der Waals surface area contributed by atoms with Gasteiger partial charge in [0, 0.05) is 6.54 Å². The average molecular weight is 440 g/mol. The molecule has 0 aliphatic carbocycles. The van der Waals surface area contributed by atoms with E-state index >= 15 is 0 Å². The molecular formula is C17H18F2N6O4S. The lowest BCUT2D eigenvalue weighted by Crippen LogP contribution is -2.38. The topological polar surface area (TPSA) is 143 Å². The van der Waals surface area contributed by atoms with Crippen molar-refractivity contribution in [2.75, 3.05) is 23.3 Å². The molecule has 0 atom stereocenters. The standard InChI is InChI=1S/C17H18F2N6O4S/c1-3-6-25(30(20,27)28)12-5-4-11(18)13(14(12)19)16(26)22-9-7-10-15(21-8-9)23-24-17(10)29-2/h4-5,7-8H,3,6H2,1-2H3,(H,22,26)(H2,20,27,28)(H,21,23,24). The molecule has 0 spiro atoms. The molecule has 0 aliphatic heterocycles. The minimum atomic E-state index is -4.34. The second-order valence-corrected chi connectivity index (χ2v) is 7.65. The number of rotatable bonds is 7. The summed E-state index contributed by atoms with van der Waals surface area (Å²) < 4.78 is 58.5. The summed E-state index contributed by atoms with van der Waals surface area (Å²) in [7, 11) is -2.94. The molecule has 0 bridgehead atoms. The lowest BCUT2D eigenvalue weighted by atomic mass is 10.1. The lowest BCUT2D eigenvalue weighted by molar-refractivity contribution is 0.101. The van der Waals surface area contributed by atoms with Crippen molar-refractivity contribution in [1.29, 1.82) is 0 Å². The maximum atomic E-state index is 15.0. The van der Waals surface area contributed by atoms with Gasteiger partial charge in [0.1, 0.15) is 11.4 Å². The van der Waals surface area contributed by atoms with Gasteiger partial charge < -0.3 is 10.1 Å². The van der Waals surface area contributed by atoms with E-state index in [1.807, 2.05) is 0 Å². The van der Waals surface area contributed by atoms with Gasteiger partial charge >= 0.3 is 0 Å². The fourth-order valence-electron chi connectivity index (χ4n) is 2.83. The van der Waals surface area contributed by atoms with Crippen LogP contribution in [0.5, 0.6) is 5.88 Å². The molecule has 2 heterocycles. The third kappa shape index (κ3) is 4.02. The summed E-state index contributed by atoms with van der Waals surface area (Å²) in [5.41, 5.74) is -0.992. The van der Waals surface area contributed by atoms with Crippen LogP contribution in [0.1, 0.15) is 23.7 Å². The Hall–Kier alpha value is -3.32. The van der Waals surface area contributed by atoms with Crippen LogP contribution in [0.4, 0.5) is 20.2 Å². The van der Waals surface area contributed by atoms with Crippen LogP contribution in [0.3, 0.4) is 0 Å². The first-order valence-corrected chi connectivity index (χ1v) is 10.2. The maximum absolute atomic E-state index is 15.0. The number of carbonyl (C=O) groups excluding carboxylic acids is 1. The number of fused-ring (bicyclic) bond motifs is 1. The SMILES string of the molecule is CCCN(c1ccc(F)c(C(=O)Nc2cnc3[nH]nc(OC)c3c2)c1F)S(N)(=O)=O. The van der Waals surface area contributed by atoms with Crippen LogP contribution < -0.4 is 19.5 Å². The number of ether oxygens (including phenoxy) is 1. The van der Waals surface area contributed by atoms with Crippen molar-refractivity contribution in [3.05, 3.63) is 41.6 Å². The Labute approximate surface area is 170 Å². The van der Waals surface area contributed by atoms with E-state index in [1.165, 1.54) is 19.4 Å². The molecule has 160 valence electrons. The predicted molar refractivity (Wildman–Crippen MR) is 105 cm³/mol. The van der Waals surface area contributed by atoms with Gasteiger partial charge in [0.25, 0.3) is 16.1 Å². The molecule has 1 aromatic carbocycles. The molecule has 0 radical (unpaired) electrons. The Morgan fingerprint density at radius 2 is 2.10 bits per heavy atom. The quantitative estimate of drug-likeness (QED) is 0.512. The number of nitrogens with two attached hydrogens (primary N) is 1. The Kier molecular flexibility index (Phi) is 5.85. The second-order valence-electron chi connectivity index (χ2n) is 6.18. The third-order valence-corrected chi connectivity index (χ3v) is 5.13. The molecule has 3 rings (SSSR count). The summed E-state index contributed by atoms with van der Waals surface area (Å²) in [6.45, 7) is 1.50. The summed E-state index contributed by atoms with van der Waals surface area (Å²) in [4.78, 5) is 16.6. The highest BCUT2D eigenvalue weighted by Gasteiger charge is 2.27. The predicted octanol–water partition coefficient (Wildman–Crippen LogP) is 1.92. The highest BCUT2D eigenvalue weighted by Crippen LogP contribution is 2.28. The number of halogens is 2. The van der Waals surface area contributed by atoms with Gasteiger partial charge in [-0.05, 0) is 24.6 Å². The molecule has 3 aromatic rings. The number of anilines is 2. The van der Waals surface area contributed by atoms with Crippen LogP contribution in [0.2, 0.25) is 0 Å². The molecule has 13 heteroatoms. The van der Waals surface area contributed by atoms with Gasteiger partial charge in [0.05, 0.1) is 30.1 Å². The van der Waals surface area contributed by atoms with E-state index in [0.717, 1.165) is 12.1 Å². The molecule has 0 unspecified atom stereocenters. The van der Waals surface area contributed by atoms with Crippen LogP contribution in [0.25, 0.3) is 11.0 Å². The second kappa shape index (κ2) is 8.20. The Morgan fingerprint density at radius 3 is 2.73 bits per heavy atom. The van der Waals surface area contributed by atoms with E-state index in [2.05, 4.69) is 20.5 Å². The number of aromatic nitrogens is 3. The number of aromatic amines is 1. The lowest BCUT2D eigenvalue weighted by Gasteiger charge is -2.22. The van der Waals surface area contributed by atoms with Gasteiger partial charge in [-0.25, -0.2) is 18.9 Å². The fourth-order valence-corrected chi connectivity index (χ4v) is 3.68. The maximum Gasteiger partial charge on any atom is 0.299 e. The molecular weight excluding hydrogens is 422 g/mol. The zero-order valence-corrected chi connectivity index (χ0v) is 16.8. The highest BCUT2D eigenvalue weighted by atomic mass is 32.2. The van der Waals surface area contributed by atoms with Crippen molar-refractivity contribution >= 4 is 38.5 Å². The first kappa shape index (κ1) is 21.4. The molecule has 0 saturated heterocycles. The van der Waals surface area contributed by atoms with Crippen molar-refractivity contribution in [1.82, 2.24) is 15.2 Å². The van der Waals surface area contributed by atoms with Crippen molar-refractivity contribution in [2.24, 2.45) is 5.14 Å². The van der Waals surface area contributed by atoms with Crippen molar-refractivity contribution < 1.29 is 26.7 Å². The van der Waals surface area contributed by atoms with Crippen molar-refractivity contribution in [3.63, 3.8) is 0 Å². The van der Waals surface area contributed by atoms with Gasteiger partial charge in [-0.3, -0.25) is 14.2 Å². The number of nitrogens with one attached hydrogen (secondary N) is 2. The molecule has 4 N–H and O–H groups in total. The van der Waals surface area contributed by atoms with E-state index in [1.54, 1.807) is 6.92 Å². The van der Waals surface area contributed by atoms with Crippen LogP contribution >= 0.6 is 0 Å². The van der Waals surface area contributed by atoms with Gasteiger partial charge in [0.2, 0.25) is 5.88 Å². The fraction of sp³-hybridized carbons (Fsp3) is 0.235. The van der Waals surface area contributed by atoms with Crippen LogP contribution in [-0.2, 0) is 10.2 Å². The molecule has 0 aliphatic rings. The molecule has 0 fully saturated rings. The van der Waals surface area contributed by atoms with E-state index in [0.29, 0.717) is 21.8 Å². The zero-order valence-electron chi connectivity index (χ0n) is 15.9. The first-order valence-electron chi connectivity index (χ1n) is 8.65. The number of carbonyl (C=O) groups is 1. The van der Waals surface area contributed by atoms with Gasteiger partial charge in [-0.2, -0.15) is 8.42 Å². The third-order valence-electron chi connectivity index (χ3n) is 4.13. The van der Waals surface area contributed by atoms with Crippen LogP contribution in [0.15, 0.2) is 24.4 Å². The normalized spacial score (nSPS) is 11.5. The molecule has 10 nitrogen and oxygen atoms in total. The van der Waals surface area contributed by atoms with Crippen LogP contribution in [0, 0.1) is 11.6 Å².